The van der Waals surface area contributed by atoms with Crippen molar-refractivity contribution >= 4 is 11.8 Å². The maximum absolute atomic E-state index is 5.54. The largest absolute Gasteiger partial charge is 0.331 e. The summed E-state index contributed by atoms with van der Waals surface area (Å²) < 4.78 is 2.30. The van der Waals surface area contributed by atoms with Crippen LogP contribution in [-0.2, 0) is 6.42 Å². The first-order valence-electron chi connectivity index (χ1n) is 4.70. The summed E-state index contributed by atoms with van der Waals surface area (Å²) in [5, 5.41) is 0. The summed E-state index contributed by atoms with van der Waals surface area (Å²) in [5.74, 6) is 2.51. The first-order valence-corrected chi connectivity index (χ1v) is 5.86. The summed E-state index contributed by atoms with van der Waals surface area (Å²) >= 11 is 2.03. The fourth-order valence-corrected chi connectivity index (χ4v) is 2.95. The van der Waals surface area contributed by atoms with E-state index in [1.165, 1.54) is 23.6 Å². The number of nitrogens with two attached hydrogens (primary N) is 1. The van der Waals surface area contributed by atoms with Crippen LogP contribution in [0.2, 0.25) is 0 Å². The Hall–Kier alpha value is -0.480. The number of nitrogens with zero attached hydrogens (tertiary/aromatic N) is 2. The third-order valence-electron chi connectivity index (χ3n) is 2.45. The molecule has 1 fully saturated rings. The van der Waals surface area contributed by atoms with Crippen molar-refractivity contribution in [1.82, 2.24) is 9.55 Å². The summed E-state index contributed by atoms with van der Waals surface area (Å²) in [6, 6.07) is 0.661. The van der Waals surface area contributed by atoms with Crippen LogP contribution < -0.4 is 5.73 Å². The first-order chi connectivity index (χ1) is 6.42. The molecule has 0 saturated carbocycles. The second kappa shape index (κ2) is 4.15. The van der Waals surface area contributed by atoms with Gasteiger partial charge in [0.05, 0.1) is 6.33 Å². The fraction of sp³-hybridized carbons (Fsp3) is 0.667. The molecular weight excluding hydrogens is 182 g/mol. The second-order valence-electron chi connectivity index (χ2n) is 3.35. The van der Waals surface area contributed by atoms with Crippen molar-refractivity contribution in [3.63, 3.8) is 0 Å². The monoisotopic (exact) mass is 197 g/mol. The number of imidazole rings is 1. The molecule has 0 radical (unpaired) electrons. The van der Waals surface area contributed by atoms with Crippen molar-refractivity contribution in [2.24, 2.45) is 5.73 Å². The predicted octanol–water partition coefficient (Wildman–Crippen LogP) is 1.06. The smallest absolute Gasteiger partial charge is 0.0951 e. The van der Waals surface area contributed by atoms with Gasteiger partial charge in [-0.05, 0) is 18.7 Å². The van der Waals surface area contributed by atoms with Crippen molar-refractivity contribution in [2.45, 2.75) is 18.9 Å². The molecule has 3 nitrogen and oxygen atoms in total. The van der Waals surface area contributed by atoms with Crippen molar-refractivity contribution in [3.05, 3.63) is 18.2 Å². The predicted molar refractivity (Wildman–Crippen MR) is 56.0 cm³/mol. The van der Waals surface area contributed by atoms with E-state index in [0.717, 1.165) is 6.42 Å². The Morgan fingerprint density at radius 1 is 1.69 bits per heavy atom. The van der Waals surface area contributed by atoms with Crippen LogP contribution in [0.3, 0.4) is 0 Å². The molecule has 4 heteroatoms. The first kappa shape index (κ1) is 9.09. The van der Waals surface area contributed by atoms with Crippen LogP contribution in [0.1, 0.15) is 18.2 Å². The van der Waals surface area contributed by atoms with Gasteiger partial charge in [-0.15, -0.1) is 0 Å². The summed E-state index contributed by atoms with van der Waals surface area (Å²) in [6.45, 7) is 0.714. The Kier molecular flexibility index (Phi) is 2.90. The van der Waals surface area contributed by atoms with Gasteiger partial charge in [-0.2, -0.15) is 11.8 Å². The number of hydrogen-bond acceptors (Lipinski definition) is 3. The Bertz CT molecular complexity index is 266. The van der Waals surface area contributed by atoms with Crippen LogP contribution >= 0.6 is 11.8 Å². The van der Waals surface area contributed by atoms with Gasteiger partial charge in [-0.25, -0.2) is 4.98 Å². The number of aromatic nitrogens is 2. The summed E-state index contributed by atoms with van der Waals surface area (Å²) in [4.78, 5) is 4.18. The summed E-state index contributed by atoms with van der Waals surface area (Å²) in [7, 11) is 0. The van der Waals surface area contributed by atoms with E-state index in [-0.39, 0.29) is 0 Å². The maximum atomic E-state index is 5.54. The van der Waals surface area contributed by atoms with Gasteiger partial charge in [0, 0.05) is 30.1 Å². The Labute approximate surface area is 82.7 Å². The molecule has 1 aromatic rings. The lowest BCUT2D eigenvalue weighted by atomic mass is 10.2. The van der Waals surface area contributed by atoms with Crippen molar-refractivity contribution in [2.75, 3.05) is 18.1 Å². The zero-order valence-electron chi connectivity index (χ0n) is 7.65. The molecule has 2 N–H and O–H groups in total. The minimum atomic E-state index is 0.661. The molecule has 0 amide bonds. The lowest BCUT2D eigenvalue weighted by molar-refractivity contribution is 0.538. The van der Waals surface area contributed by atoms with E-state index < -0.39 is 0 Å². The minimum absolute atomic E-state index is 0.661. The Morgan fingerprint density at radius 2 is 2.62 bits per heavy atom. The third-order valence-corrected chi connectivity index (χ3v) is 3.59. The SMILES string of the molecule is NCCc1cncn1C1CCSC1. The van der Waals surface area contributed by atoms with Crippen LogP contribution in [0, 0.1) is 0 Å². The number of hydrogen-bond donors (Lipinski definition) is 1. The molecule has 1 atom stereocenters. The molecular formula is C9H15N3S. The topological polar surface area (TPSA) is 43.8 Å². The van der Waals surface area contributed by atoms with Gasteiger partial charge in [0.1, 0.15) is 0 Å². The van der Waals surface area contributed by atoms with Gasteiger partial charge in [0.25, 0.3) is 0 Å². The number of rotatable bonds is 3. The summed E-state index contributed by atoms with van der Waals surface area (Å²) in [6.07, 6.45) is 6.11. The van der Waals surface area contributed by atoms with Gasteiger partial charge in [-0.1, -0.05) is 0 Å². The van der Waals surface area contributed by atoms with E-state index in [4.69, 9.17) is 5.73 Å². The molecule has 1 aromatic heterocycles. The molecule has 0 aromatic carbocycles. The quantitative estimate of drug-likeness (QED) is 0.788. The van der Waals surface area contributed by atoms with Crippen molar-refractivity contribution in [3.8, 4) is 0 Å². The molecule has 0 bridgehead atoms. The van der Waals surface area contributed by atoms with Gasteiger partial charge in [0.2, 0.25) is 0 Å². The van der Waals surface area contributed by atoms with Crippen LogP contribution in [0.5, 0.6) is 0 Å². The zero-order chi connectivity index (χ0) is 9.10. The second-order valence-corrected chi connectivity index (χ2v) is 4.50. The van der Waals surface area contributed by atoms with Crippen LogP contribution in [-0.4, -0.2) is 27.6 Å². The minimum Gasteiger partial charge on any atom is -0.331 e. The summed E-state index contributed by atoms with van der Waals surface area (Å²) in [5.41, 5.74) is 6.83. The van der Waals surface area contributed by atoms with Gasteiger partial charge >= 0.3 is 0 Å². The molecule has 0 spiro atoms. The average Bonchev–Trinajstić information content (AvgIpc) is 2.71. The fourth-order valence-electron chi connectivity index (χ4n) is 1.74. The van der Waals surface area contributed by atoms with Gasteiger partial charge in [0.15, 0.2) is 0 Å². The maximum Gasteiger partial charge on any atom is 0.0951 e. The zero-order valence-corrected chi connectivity index (χ0v) is 8.46. The molecule has 2 heterocycles. The van der Waals surface area contributed by atoms with Crippen LogP contribution in [0.4, 0.5) is 0 Å². The molecule has 0 aliphatic carbocycles. The van der Waals surface area contributed by atoms with Crippen LogP contribution in [0.25, 0.3) is 0 Å². The van der Waals surface area contributed by atoms with E-state index >= 15 is 0 Å². The molecule has 1 aliphatic rings. The van der Waals surface area contributed by atoms with Crippen molar-refractivity contribution in [1.29, 1.82) is 0 Å². The van der Waals surface area contributed by atoms with Gasteiger partial charge in [-0.3, -0.25) is 0 Å². The molecule has 1 unspecified atom stereocenters. The van der Waals surface area contributed by atoms with E-state index in [9.17, 15) is 0 Å². The molecule has 2 rings (SSSR count). The van der Waals surface area contributed by atoms with Gasteiger partial charge < -0.3 is 10.3 Å². The Morgan fingerprint density at radius 3 is 3.31 bits per heavy atom. The Balaban J connectivity index is 2.13. The normalized spacial score (nSPS) is 22.4. The van der Waals surface area contributed by atoms with E-state index in [2.05, 4.69) is 9.55 Å². The standard InChI is InChI=1S/C9H15N3S/c10-3-1-8-5-11-7-12(8)9-2-4-13-6-9/h5,7,9H,1-4,6,10H2. The lowest BCUT2D eigenvalue weighted by Gasteiger charge is -2.13. The van der Waals surface area contributed by atoms with E-state index in [1.54, 1.807) is 0 Å². The highest BCUT2D eigenvalue weighted by Gasteiger charge is 2.18. The molecule has 1 saturated heterocycles. The number of thioether (sulfide) groups is 1. The molecule has 72 valence electrons. The lowest BCUT2D eigenvalue weighted by Crippen LogP contribution is -2.13. The van der Waals surface area contributed by atoms with Crippen molar-refractivity contribution < 1.29 is 0 Å². The molecule has 1 aliphatic heterocycles. The molecule has 13 heavy (non-hydrogen) atoms. The highest BCUT2D eigenvalue weighted by molar-refractivity contribution is 7.99. The highest BCUT2D eigenvalue weighted by atomic mass is 32.2. The van der Waals surface area contributed by atoms with E-state index in [0.29, 0.717) is 12.6 Å². The highest BCUT2D eigenvalue weighted by Crippen LogP contribution is 2.28. The van der Waals surface area contributed by atoms with Crippen LogP contribution in [0.15, 0.2) is 12.5 Å². The average molecular weight is 197 g/mol. The van der Waals surface area contributed by atoms with E-state index in [1.807, 2.05) is 24.3 Å². The third kappa shape index (κ3) is 1.89.